The highest BCUT2D eigenvalue weighted by atomic mass is 32.2. The van der Waals surface area contributed by atoms with Crippen LogP contribution in [0.25, 0.3) is 0 Å². The lowest BCUT2D eigenvalue weighted by molar-refractivity contribution is 0.265. The van der Waals surface area contributed by atoms with Gasteiger partial charge in [0.15, 0.2) is 0 Å². The smallest absolute Gasteiger partial charge is 0.0431 e. The molecule has 0 aliphatic heterocycles. The number of aliphatic hydroxyl groups is 1. The number of rotatable bonds is 6. The topological polar surface area (TPSA) is 46.2 Å². The maximum Gasteiger partial charge on any atom is 0.0431 e. The molecule has 0 amide bonds. The third-order valence-corrected chi connectivity index (χ3v) is 3.57. The Kier molecular flexibility index (Phi) is 5.32. The van der Waals surface area contributed by atoms with Gasteiger partial charge in [-0.2, -0.15) is 0 Å². The maximum atomic E-state index is 8.83. The summed E-state index contributed by atoms with van der Waals surface area (Å²) < 4.78 is 0. The summed E-state index contributed by atoms with van der Waals surface area (Å²) >= 11 is 1.83. The summed E-state index contributed by atoms with van der Waals surface area (Å²) in [6, 6.07) is 8.42. The van der Waals surface area contributed by atoms with E-state index in [1.807, 2.05) is 18.7 Å². The molecular weight excluding hydrogens is 218 g/mol. The fourth-order valence-corrected chi connectivity index (χ4v) is 2.35. The third-order valence-electron chi connectivity index (χ3n) is 2.68. The molecule has 0 aliphatic carbocycles. The first-order chi connectivity index (χ1) is 7.60. The van der Waals surface area contributed by atoms with E-state index >= 15 is 0 Å². The van der Waals surface area contributed by atoms with Gasteiger partial charge in [-0.15, -0.1) is 11.8 Å². The Morgan fingerprint density at radius 3 is 2.44 bits per heavy atom. The van der Waals surface area contributed by atoms with E-state index in [9.17, 15) is 0 Å². The maximum absolute atomic E-state index is 8.83. The Balaban J connectivity index is 2.71. The van der Waals surface area contributed by atoms with Gasteiger partial charge in [0.25, 0.3) is 0 Å². The number of hydrogen-bond acceptors (Lipinski definition) is 3. The van der Waals surface area contributed by atoms with Crippen molar-refractivity contribution in [1.82, 2.24) is 0 Å². The van der Waals surface area contributed by atoms with Gasteiger partial charge in [-0.3, -0.25) is 0 Å². The van der Waals surface area contributed by atoms with E-state index in [0.717, 1.165) is 24.2 Å². The summed E-state index contributed by atoms with van der Waals surface area (Å²) in [5, 5.41) is 8.83. The minimum absolute atomic E-state index is 0.205. The van der Waals surface area contributed by atoms with E-state index in [-0.39, 0.29) is 12.1 Å². The molecule has 1 atom stereocenters. The summed E-state index contributed by atoms with van der Waals surface area (Å²) in [6.07, 6.45) is 1.56. The van der Waals surface area contributed by atoms with Gasteiger partial charge in [0.05, 0.1) is 0 Å². The predicted molar refractivity (Wildman–Crippen MR) is 70.7 cm³/mol. The molecule has 0 saturated carbocycles. The van der Waals surface area contributed by atoms with Crippen LogP contribution in [-0.2, 0) is 5.54 Å². The average molecular weight is 239 g/mol. The second kappa shape index (κ2) is 6.28. The zero-order valence-corrected chi connectivity index (χ0v) is 10.9. The van der Waals surface area contributed by atoms with Crippen LogP contribution in [0.2, 0.25) is 0 Å². The Bertz CT molecular complexity index is 308. The number of nitrogens with two attached hydrogens (primary N) is 1. The van der Waals surface area contributed by atoms with Crippen molar-refractivity contribution >= 4 is 11.8 Å². The highest BCUT2D eigenvalue weighted by Crippen LogP contribution is 2.26. The second-order valence-corrected chi connectivity index (χ2v) is 5.54. The summed E-state index contributed by atoms with van der Waals surface area (Å²) in [4.78, 5) is 1.28. The molecule has 3 heteroatoms. The van der Waals surface area contributed by atoms with E-state index < -0.39 is 0 Å². The normalized spacial score (nSPS) is 14.8. The van der Waals surface area contributed by atoms with Crippen LogP contribution in [0.1, 0.15) is 32.3 Å². The standard InChI is InChI=1S/C13H21NOS/c1-3-16-12-7-5-11(6-8-12)13(2,14)9-4-10-15/h5-8,15H,3-4,9-10,14H2,1-2H3. The Morgan fingerprint density at radius 2 is 1.94 bits per heavy atom. The van der Waals surface area contributed by atoms with Crippen LogP contribution in [-0.4, -0.2) is 17.5 Å². The van der Waals surface area contributed by atoms with E-state index in [1.54, 1.807) is 0 Å². The van der Waals surface area contributed by atoms with Crippen LogP contribution in [0.15, 0.2) is 29.2 Å². The van der Waals surface area contributed by atoms with E-state index in [2.05, 4.69) is 31.2 Å². The minimum atomic E-state index is -0.335. The van der Waals surface area contributed by atoms with Crippen LogP contribution in [0.4, 0.5) is 0 Å². The summed E-state index contributed by atoms with van der Waals surface area (Å²) in [5.74, 6) is 1.09. The van der Waals surface area contributed by atoms with Crippen LogP contribution in [0.5, 0.6) is 0 Å². The van der Waals surface area contributed by atoms with E-state index in [1.165, 1.54) is 4.90 Å². The van der Waals surface area contributed by atoms with Gasteiger partial charge in [0, 0.05) is 17.0 Å². The monoisotopic (exact) mass is 239 g/mol. The molecule has 0 saturated heterocycles. The van der Waals surface area contributed by atoms with Crippen molar-refractivity contribution in [2.45, 2.75) is 37.1 Å². The number of thioether (sulfide) groups is 1. The minimum Gasteiger partial charge on any atom is -0.396 e. The zero-order valence-electron chi connectivity index (χ0n) is 10.1. The van der Waals surface area contributed by atoms with Crippen molar-refractivity contribution in [3.8, 4) is 0 Å². The largest absolute Gasteiger partial charge is 0.396 e. The summed E-state index contributed by atoms with van der Waals surface area (Å²) in [5.41, 5.74) is 7.04. The fourth-order valence-electron chi connectivity index (χ4n) is 1.69. The van der Waals surface area contributed by atoms with Gasteiger partial charge >= 0.3 is 0 Å². The SMILES string of the molecule is CCSc1ccc(C(C)(N)CCCO)cc1. The highest BCUT2D eigenvalue weighted by molar-refractivity contribution is 7.99. The average Bonchev–Trinajstić information content (AvgIpc) is 2.28. The molecule has 3 N–H and O–H groups in total. The predicted octanol–water partition coefficient (Wildman–Crippen LogP) is 2.75. The van der Waals surface area contributed by atoms with Crippen molar-refractivity contribution in [3.63, 3.8) is 0 Å². The quantitative estimate of drug-likeness (QED) is 0.750. The first kappa shape index (κ1) is 13.6. The van der Waals surface area contributed by atoms with Crippen molar-refractivity contribution in [2.24, 2.45) is 5.73 Å². The molecular formula is C13H21NOS. The Hall–Kier alpha value is -0.510. The lowest BCUT2D eigenvalue weighted by Gasteiger charge is -2.25. The molecule has 0 bridgehead atoms. The molecule has 0 heterocycles. The zero-order chi connectivity index (χ0) is 12.0. The molecule has 0 aromatic heterocycles. The third kappa shape index (κ3) is 3.81. The molecule has 1 aromatic carbocycles. The lowest BCUT2D eigenvalue weighted by Crippen LogP contribution is -2.33. The van der Waals surface area contributed by atoms with E-state index in [4.69, 9.17) is 10.8 Å². The van der Waals surface area contributed by atoms with Crippen molar-refractivity contribution < 1.29 is 5.11 Å². The molecule has 1 unspecified atom stereocenters. The van der Waals surface area contributed by atoms with Crippen molar-refractivity contribution in [2.75, 3.05) is 12.4 Å². The molecule has 0 aliphatic rings. The van der Waals surface area contributed by atoms with Gasteiger partial charge in [-0.05, 0) is 43.2 Å². The second-order valence-electron chi connectivity index (χ2n) is 4.20. The Labute approximate surface area is 102 Å². The van der Waals surface area contributed by atoms with Gasteiger partial charge in [0.1, 0.15) is 0 Å². The molecule has 0 fully saturated rings. The number of benzene rings is 1. The van der Waals surface area contributed by atoms with Gasteiger partial charge in [-0.25, -0.2) is 0 Å². The van der Waals surface area contributed by atoms with Crippen LogP contribution in [0.3, 0.4) is 0 Å². The molecule has 0 spiro atoms. The van der Waals surface area contributed by atoms with Gasteiger partial charge in [0.2, 0.25) is 0 Å². The molecule has 0 radical (unpaired) electrons. The molecule has 90 valence electrons. The van der Waals surface area contributed by atoms with Gasteiger partial charge < -0.3 is 10.8 Å². The van der Waals surface area contributed by atoms with Crippen molar-refractivity contribution in [3.05, 3.63) is 29.8 Å². The Morgan fingerprint density at radius 1 is 1.31 bits per heavy atom. The fraction of sp³-hybridized carbons (Fsp3) is 0.538. The molecule has 1 rings (SSSR count). The van der Waals surface area contributed by atoms with Crippen LogP contribution in [0, 0.1) is 0 Å². The molecule has 1 aromatic rings. The first-order valence-electron chi connectivity index (χ1n) is 5.73. The molecule has 2 nitrogen and oxygen atoms in total. The van der Waals surface area contributed by atoms with Crippen molar-refractivity contribution in [1.29, 1.82) is 0 Å². The first-order valence-corrected chi connectivity index (χ1v) is 6.72. The molecule has 16 heavy (non-hydrogen) atoms. The van der Waals surface area contributed by atoms with Crippen LogP contribution < -0.4 is 5.73 Å². The van der Waals surface area contributed by atoms with E-state index in [0.29, 0.717) is 0 Å². The number of hydrogen-bond donors (Lipinski definition) is 2. The highest BCUT2D eigenvalue weighted by Gasteiger charge is 2.20. The number of aliphatic hydroxyl groups excluding tert-OH is 1. The van der Waals surface area contributed by atoms with Gasteiger partial charge in [-0.1, -0.05) is 19.1 Å². The summed E-state index contributed by atoms with van der Waals surface area (Å²) in [6.45, 7) is 4.37. The van der Waals surface area contributed by atoms with Crippen LogP contribution >= 0.6 is 11.8 Å². The lowest BCUT2D eigenvalue weighted by atomic mass is 9.89. The summed E-state index contributed by atoms with van der Waals surface area (Å²) in [7, 11) is 0.